The highest BCUT2D eigenvalue weighted by Crippen LogP contribution is 2.29. The number of ether oxygens (including phenoxy) is 1. The van der Waals surface area contributed by atoms with Crippen LogP contribution in [0.15, 0.2) is 24.3 Å². The van der Waals surface area contributed by atoms with Crippen LogP contribution in [0.25, 0.3) is 0 Å². The van der Waals surface area contributed by atoms with Gasteiger partial charge in [-0.1, -0.05) is 18.2 Å². The number of amides is 1. The zero-order valence-electron chi connectivity index (χ0n) is 12.4. The first-order chi connectivity index (χ1) is 10.4. The van der Waals surface area contributed by atoms with Gasteiger partial charge in [-0.05, 0) is 11.6 Å². The van der Waals surface area contributed by atoms with Gasteiger partial charge in [0, 0.05) is 39.8 Å². The fourth-order valence-corrected chi connectivity index (χ4v) is 2.47. The van der Waals surface area contributed by atoms with Crippen molar-refractivity contribution < 1.29 is 22.7 Å². The molecular weight excluding hydrogens is 297 g/mol. The Kier molecular flexibility index (Phi) is 5.42. The Hall–Kier alpha value is -1.60. The van der Waals surface area contributed by atoms with Crippen LogP contribution in [0, 0.1) is 0 Å². The highest BCUT2D eigenvalue weighted by Gasteiger charge is 2.30. The standard InChI is InChI=1S/C15H19F3N2O2/c1-22-11-14(21)20-7-5-19(6-8-20)10-12-3-2-4-13(9-12)15(16,17)18/h2-4,9H,5-8,10-11H2,1H3. The maximum Gasteiger partial charge on any atom is 0.416 e. The molecule has 122 valence electrons. The van der Waals surface area contributed by atoms with Gasteiger partial charge >= 0.3 is 6.18 Å². The minimum atomic E-state index is -4.32. The van der Waals surface area contributed by atoms with Crippen molar-refractivity contribution in [2.75, 3.05) is 39.9 Å². The second kappa shape index (κ2) is 7.11. The van der Waals surface area contributed by atoms with Gasteiger partial charge in [0.05, 0.1) is 5.56 Å². The first-order valence-electron chi connectivity index (χ1n) is 7.05. The summed E-state index contributed by atoms with van der Waals surface area (Å²) < 4.78 is 42.9. The van der Waals surface area contributed by atoms with Crippen molar-refractivity contribution in [2.24, 2.45) is 0 Å². The van der Waals surface area contributed by atoms with Crippen molar-refractivity contribution in [3.63, 3.8) is 0 Å². The number of hydrogen-bond donors (Lipinski definition) is 0. The molecule has 0 aliphatic carbocycles. The number of benzene rings is 1. The Bertz CT molecular complexity index is 512. The first kappa shape index (κ1) is 16.8. The number of rotatable bonds is 4. The lowest BCUT2D eigenvalue weighted by Gasteiger charge is -2.34. The number of carbonyl (C=O) groups is 1. The molecule has 0 radical (unpaired) electrons. The monoisotopic (exact) mass is 316 g/mol. The van der Waals surface area contributed by atoms with E-state index in [9.17, 15) is 18.0 Å². The molecule has 0 spiro atoms. The summed E-state index contributed by atoms with van der Waals surface area (Å²) in [7, 11) is 1.47. The average Bonchev–Trinajstić information content (AvgIpc) is 2.48. The number of nitrogens with zero attached hydrogens (tertiary/aromatic N) is 2. The quantitative estimate of drug-likeness (QED) is 0.852. The molecule has 0 aromatic heterocycles. The van der Waals surface area contributed by atoms with Crippen molar-refractivity contribution >= 4 is 5.91 Å². The van der Waals surface area contributed by atoms with Gasteiger partial charge in [-0.2, -0.15) is 13.2 Å². The smallest absolute Gasteiger partial charge is 0.375 e. The summed E-state index contributed by atoms with van der Waals surface area (Å²) in [6.07, 6.45) is -4.32. The van der Waals surface area contributed by atoms with E-state index in [0.29, 0.717) is 38.3 Å². The highest BCUT2D eigenvalue weighted by atomic mass is 19.4. The molecule has 0 unspecified atom stereocenters. The Morgan fingerprint density at radius 2 is 1.91 bits per heavy atom. The summed E-state index contributed by atoms with van der Waals surface area (Å²) in [6.45, 7) is 2.95. The molecular formula is C15H19F3N2O2. The van der Waals surface area contributed by atoms with E-state index in [2.05, 4.69) is 0 Å². The third-order valence-electron chi connectivity index (χ3n) is 3.65. The van der Waals surface area contributed by atoms with Crippen LogP contribution in [0.4, 0.5) is 13.2 Å². The molecule has 0 bridgehead atoms. The number of alkyl halides is 3. The summed E-state index contributed by atoms with van der Waals surface area (Å²) in [5.74, 6) is -0.0544. The van der Waals surface area contributed by atoms with E-state index in [1.807, 2.05) is 4.90 Å². The third kappa shape index (κ3) is 4.45. The molecule has 1 amide bonds. The van der Waals surface area contributed by atoms with E-state index in [1.165, 1.54) is 19.2 Å². The molecule has 1 heterocycles. The number of halogens is 3. The Morgan fingerprint density at radius 1 is 1.23 bits per heavy atom. The maximum absolute atomic E-state index is 12.7. The lowest BCUT2D eigenvalue weighted by molar-refractivity contribution is -0.138. The van der Waals surface area contributed by atoms with Crippen LogP contribution in [-0.2, 0) is 22.3 Å². The van der Waals surface area contributed by atoms with Gasteiger partial charge in [0.15, 0.2) is 0 Å². The van der Waals surface area contributed by atoms with Crippen LogP contribution in [0.2, 0.25) is 0 Å². The van der Waals surface area contributed by atoms with Crippen LogP contribution in [0.5, 0.6) is 0 Å². The van der Waals surface area contributed by atoms with Crippen molar-refractivity contribution in [2.45, 2.75) is 12.7 Å². The van der Waals surface area contributed by atoms with E-state index in [0.717, 1.165) is 6.07 Å². The van der Waals surface area contributed by atoms with Crippen LogP contribution in [0.1, 0.15) is 11.1 Å². The van der Waals surface area contributed by atoms with E-state index >= 15 is 0 Å². The lowest BCUT2D eigenvalue weighted by Crippen LogP contribution is -2.49. The molecule has 1 saturated heterocycles. The van der Waals surface area contributed by atoms with E-state index in [1.54, 1.807) is 11.0 Å². The van der Waals surface area contributed by atoms with Crippen LogP contribution < -0.4 is 0 Å². The van der Waals surface area contributed by atoms with Crippen molar-refractivity contribution in [1.29, 1.82) is 0 Å². The van der Waals surface area contributed by atoms with E-state index in [4.69, 9.17) is 4.74 Å². The zero-order chi connectivity index (χ0) is 16.2. The van der Waals surface area contributed by atoms with Crippen LogP contribution in [0.3, 0.4) is 0 Å². The number of hydrogen-bond acceptors (Lipinski definition) is 3. The normalized spacial score (nSPS) is 16.8. The third-order valence-corrected chi connectivity index (χ3v) is 3.65. The molecule has 2 rings (SSSR count). The molecule has 1 fully saturated rings. The minimum Gasteiger partial charge on any atom is -0.375 e. The summed E-state index contributed by atoms with van der Waals surface area (Å²) in [4.78, 5) is 15.4. The second-order valence-corrected chi connectivity index (χ2v) is 5.29. The Morgan fingerprint density at radius 3 is 2.50 bits per heavy atom. The van der Waals surface area contributed by atoms with Gasteiger partial charge in [-0.3, -0.25) is 9.69 Å². The topological polar surface area (TPSA) is 32.8 Å². The lowest BCUT2D eigenvalue weighted by atomic mass is 10.1. The van der Waals surface area contributed by atoms with Gasteiger partial charge in [-0.25, -0.2) is 0 Å². The summed E-state index contributed by atoms with van der Waals surface area (Å²) in [6, 6.07) is 5.38. The number of carbonyl (C=O) groups excluding carboxylic acids is 1. The number of piperazine rings is 1. The van der Waals surface area contributed by atoms with E-state index in [-0.39, 0.29) is 12.5 Å². The van der Waals surface area contributed by atoms with Crippen molar-refractivity contribution in [3.05, 3.63) is 35.4 Å². The van der Waals surface area contributed by atoms with Gasteiger partial charge in [0.25, 0.3) is 0 Å². The average molecular weight is 316 g/mol. The molecule has 0 N–H and O–H groups in total. The largest absolute Gasteiger partial charge is 0.416 e. The van der Waals surface area contributed by atoms with Gasteiger partial charge < -0.3 is 9.64 Å². The van der Waals surface area contributed by atoms with Gasteiger partial charge in [0.1, 0.15) is 6.61 Å². The molecule has 1 aromatic carbocycles. The van der Waals surface area contributed by atoms with Gasteiger partial charge in [-0.15, -0.1) is 0 Å². The molecule has 0 saturated carbocycles. The predicted molar refractivity (Wildman–Crippen MR) is 75.2 cm³/mol. The molecule has 7 heteroatoms. The summed E-state index contributed by atoms with van der Waals surface area (Å²) >= 11 is 0. The second-order valence-electron chi connectivity index (χ2n) is 5.29. The maximum atomic E-state index is 12.7. The Labute approximate surface area is 127 Å². The zero-order valence-corrected chi connectivity index (χ0v) is 12.4. The Balaban J connectivity index is 1.90. The molecule has 1 aliphatic rings. The molecule has 1 aromatic rings. The fraction of sp³-hybridized carbons (Fsp3) is 0.533. The SMILES string of the molecule is COCC(=O)N1CCN(Cc2cccc(C(F)(F)F)c2)CC1. The van der Waals surface area contributed by atoms with Crippen LogP contribution >= 0.6 is 0 Å². The highest BCUT2D eigenvalue weighted by molar-refractivity contribution is 5.77. The van der Waals surface area contributed by atoms with E-state index < -0.39 is 11.7 Å². The molecule has 0 atom stereocenters. The van der Waals surface area contributed by atoms with Crippen molar-refractivity contribution in [3.8, 4) is 0 Å². The first-order valence-corrected chi connectivity index (χ1v) is 7.05. The fourth-order valence-electron chi connectivity index (χ4n) is 2.47. The summed E-state index contributed by atoms with van der Waals surface area (Å²) in [5, 5.41) is 0. The molecule has 22 heavy (non-hydrogen) atoms. The number of methoxy groups -OCH3 is 1. The van der Waals surface area contributed by atoms with Crippen LogP contribution in [-0.4, -0.2) is 55.6 Å². The van der Waals surface area contributed by atoms with Crippen molar-refractivity contribution in [1.82, 2.24) is 9.80 Å². The summed E-state index contributed by atoms with van der Waals surface area (Å²) in [5.41, 5.74) is 0.00500. The predicted octanol–water partition coefficient (Wildman–Crippen LogP) is 2.00. The molecule has 1 aliphatic heterocycles. The molecule has 4 nitrogen and oxygen atoms in total. The van der Waals surface area contributed by atoms with Gasteiger partial charge in [0.2, 0.25) is 5.91 Å². The minimum absolute atomic E-state index is 0.0544.